The van der Waals surface area contributed by atoms with E-state index in [0.717, 1.165) is 0 Å². The Morgan fingerprint density at radius 3 is 2.00 bits per heavy atom. The normalized spacial score (nSPS) is 11.2. The van der Waals surface area contributed by atoms with E-state index in [1.165, 1.54) is 24.3 Å². The Morgan fingerprint density at radius 2 is 1.67 bits per heavy atom. The third-order valence-electron chi connectivity index (χ3n) is 1.27. The molecule has 4 nitrogen and oxygen atoms in total. The first-order valence-corrected chi connectivity index (χ1v) is 5.35. The van der Waals surface area contributed by atoms with Crippen molar-refractivity contribution < 1.29 is 18.6 Å². The molecule has 0 amide bonds. The summed E-state index contributed by atoms with van der Waals surface area (Å²) in [5.41, 5.74) is 0. The van der Waals surface area contributed by atoms with E-state index in [2.05, 4.69) is 0 Å². The molecule has 0 fully saturated rings. The van der Waals surface area contributed by atoms with E-state index in [1.54, 1.807) is 0 Å². The van der Waals surface area contributed by atoms with Gasteiger partial charge in [0.05, 0.1) is 5.30 Å². The van der Waals surface area contributed by atoms with Gasteiger partial charge in [0.1, 0.15) is 0 Å². The number of rotatable bonds is 2. The first-order valence-electron chi connectivity index (χ1n) is 3.00. The van der Waals surface area contributed by atoms with Crippen LogP contribution in [-0.2, 0) is 20.4 Å². The van der Waals surface area contributed by atoms with Gasteiger partial charge < -0.3 is 9.79 Å². The van der Waals surface area contributed by atoms with Gasteiger partial charge in [0.2, 0.25) is 0 Å². The summed E-state index contributed by atoms with van der Waals surface area (Å²) < 4.78 is 20.9. The lowest BCUT2D eigenvalue weighted by Gasteiger charge is -2.00. The van der Waals surface area contributed by atoms with Crippen molar-refractivity contribution >= 4 is 24.6 Å². The Hall–Kier alpha value is -0.610. The molecule has 6 heteroatoms. The molecule has 0 atom stereocenters. The molecular weight excluding hydrogens is 199 g/mol. The highest BCUT2D eigenvalue weighted by molar-refractivity contribution is 7.65. The van der Waals surface area contributed by atoms with Gasteiger partial charge in [-0.05, 0) is 12.1 Å². The van der Waals surface area contributed by atoms with Crippen molar-refractivity contribution in [2.45, 2.75) is 4.90 Å². The van der Waals surface area contributed by atoms with Crippen LogP contribution in [0.5, 0.6) is 0 Å². The third-order valence-corrected chi connectivity index (χ3v) is 2.70. The first kappa shape index (κ1) is 9.48. The molecule has 0 aliphatic carbocycles. The van der Waals surface area contributed by atoms with Crippen molar-refractivity contribution in [3.8, 4) is 0 Å². The van der Waals surface area contributed by atoms with E-state index in [0.29, 0.717) is 4.90 Å². The summed E-state index contributed by atoms with van der Waals surface area (Å²) in [5.74, 6) is 0. The summed E-state index contributed by atoms with van der Waals surface area (Å²) in [6, 6.07) is 5.26. The summed E-state index contributed by atoms with van der Waals surface area (Å²) in [5, 5.41) is -0.0692. The van der Waals surface area contributed by atoms with E-state index < -0.39 is 7.60 Å². The highest BCUT2D eigenvalue weighted by Crippen LogP contribution is 2.32. The molecule has 0 heterocycles. The Bertz CT molecular complexity index is 328. The molecule has 2 N–H and O–H groups in total. The lowest BCUT2D eigenvalue weighted by atomic mass is 10.4. The molecule has 0 unspecified atom stereocenters. The van der Waals surface area contributed by atoms with Crippen molar-refractivity contribution in [2.24, 2.45) is 0 Å². The monoisotopic (exact) mass is 205 g/mol. The van der Waals surface area contributed by atoms with Crippen LogP contribution in [0.15, 0.2) is 29.2 Å². The average Bonchev–Trinajstić information content (AvgIpc) is 2.03. The molecule has 1 aromatic rings. The highest BCUT2D eigenvalue weighted by atomic mass is 32.1. The minimum atomic E-state index is -4.16. The lowest BCUT2D eigenvalue weighted by Crippen LogP contribution is -2.02. The van der Waals surface area contributed by atoms with E-state index in [1.807, 2.05) is 0 Å². The second-order valence-electron chi connectivity index (χ2n) is 2.12. The van der Waals surface area contributed by atoms with Gasteiger partial charge >= 0.3 is 19.3 Å². The minimum absolute atomic E-state index is 0.0692. The molecule has 12 heavy (non-hydrogen) atoms. The van der Waals surface area contributed by atoms with Gasteiger partial charge in [-0.1, -0.05) is 0 Å². The van der Waals surface area contributed by atoms with Gasteiger partial charge in [-0.3, -0.25) is 4.57 Å². The zero-order valence-electron chi connectivity index (χ0n) is 5.88. The zero-order chi connectivity index (χ0) is 9.19. The Labute approximate surface area is 72.9 Å². The molecule has 0 saturated carbocycles. The molecular formula is C6H6O4PS+. The Balaban J connectivity index is 3.08. The number of benzene rings is 1. The second kappa shape index (κ2) is 3.41. The summed E-state index contributed by atoms with van der Waals surface area (Å²) in [4.78, 5) is 17.8. The zero-order valence-corrected chi connectivity index (χ0v) is 7.59. The maximum atomic E-state index is 10.6. The van der Waals surface area contributed by atoms with Crippen molar-refractivity contribution in [1.82, 2.24) is 0 Å². The molecule has 0 saturated heterocycles. The fourth-order valence-electron chi connectivity index (χ4n) is 0.696. The van der Waals surface area contributed by atoms with Crippen molar-refractivity contribution in [2.75, 3.05) is 0 Å². The van der Waals surface area contributed by atoms with Crippen molar-refractivity contribution in [3.05, 3.63) is 24.3 Å². The second-order valence-corrected chi connectivity index (χ2v) is 4.36. The largest absolute Gasteiger partial charge is 0.505 e. The predicted octanol–water partition coefficient (Wildman–Crippen LogP) is 0.277. The third kappa shape index (κ3) is 2.19. The first-order chi connectivity index (χ1) is 5.54. The van der Waals surface area contributed by atoms with Crippen LogP contribution in [0.3, 0.4) is 0 Å². The standard InChI is InChI=1S/C6H5O4PS/c7-11(8,9)5-1-3-6(12-10)4-2-5/h1-4H,(H-,7,8,9)/p+1. The van der Waals surface area contributed by atoms with E-state index in [9.17, 15) is 8.77 Å². The minimum Gasteiger partial charge on any atom is -0.321 e. The fourth-order valence-corrected chi connectivity index (χ4v) is 1.48. The van der Waals surface area contributed by atoms with E-state index in [4.69, 9.17) is 9.79 Å². The van der Waals surface area contributed by atoms with Gasteiger partial charge in [-0.2, -0.15) is 0 Å². The maximum absolute atomic E-state index is 10.6. The van der Waals surface area contributed by atoms with Crippen molar-refractivity contribution in [1.29, 1.82) is 0 Å². The predicted molar refractivity (Wildman–Crippen MR) is 44.4 cm³/mol. The van der Waals surface area contributed by atoms with E-state index >= 15 is 0 Å². The molecule has 64 valence electrons. The quantitative estimate of drug-likeness (QED) is 0.537. The lowest BCUT2D eigenvalue weighted by molar-refractivity contribution is 0.387. The molecule has 0 aliphatic rings. The fraction of sp³-hybridized carbons (Fsp3) is 0. The van der Waals surface area contributed by atoms with Crippen LogP contribution in [0.4, 0.5) is 0 Å². The van der Waals surface area contributed by atoms with Crippen LogP contribution in [0.2, 0.25) is 0 Å². The molecule has 0 spiro atoms. The highest BCUT2D eigenvalue weighted by Gasteiger charge is 2.17. The maximum Gasteiger partial charge on any atom is 0.505 e. The van der Waals surface area contributed by atoms with Crippen LogP contribution in [0.1, 0.15) is 0 Å². The number of hydrogen-bond acceptors (Lipinski definition) is 2. The van der Waals surface area contributed by atoms with Crippen LogP contribution in [0.25, 0.3) is 0 Å². The van der Waals surface area contributed by atoms with Crippen LogP contribution < -0.4 is 5.30 Å². The summed E-state index contributed by atoms with van der Waals surface area (Å²) in [7, 11) is -4.16. The molecule has 0 aromatic heterocycles. The van der Waals surface area contributed by atoms with Crippen molar-refractivity contribution in [3.63, 3.8) is 0 Å². The van der Waals surface area contributed by atoms with Gasteiger partial charge in [-0.15, -0.1) is 0 Å². The van der Waals surface area contributed by atoms with Crippen LogP contribution in [0, 0.1) is 0 Å². The average molecular weight is 205 g/mol. The van der Waals surface area contributed by atoms with Gasteiger partial charge in [0.15, 0.2) is 0 Å². The Kier molecular flexibility index (Phi) is 2.69. The molecule has 1 rings (SSSR count). The van der Waals surface area contributed by atoms with Crippen LogP contribution in [-0.4, -0.2) is 9.79 Å². The molecule has 0 aliphatic heterocycles. The van der Waals surface area contributed by atoms with E-state index in [-0.39, 0.29) is 17.0 Å². The van der Waals surface area contributed by atoms with Gasteiger partial charge in [0.25, 0.3) is 4.90 Å². The summed E-state index contributed by atoms with van der Waals surface area (Å²) in [6.45, 7) is 0. The Morgan fingerprint density at radius 1 is 1.17 bits per heavy atom. The van der Waals surface area contributed by atoms with Gasteiger partial charge in [-0.25, -0.2) is 0 Å². The number of hydrogen-bond donors (Lipinski definition) is 2. The topological polar surface area (TPSA) is 74.6 Å². The molecule has 0 radical (unpaired) electrons. The summed E-state index contributed by atoms with van der Waals surface area (Å²) in [6.07, 6.45) is 0. The van der Waals surface area contributed by atoms with Crippen LogP contribution >= 0.6 is 7.60 Å². The summed E-state index contributed by atoms with van der Waals surface area (Å²) >= 11 is 0.285. The van der Waals surface area contributed by atoms with Gasteiger partial charge in [0, 0.05) is 16.3 Å². The molecule has 1 aromatic carbocycles. The SMILES string of the molecule is O=[S+]c1ccc(P(=O)(O)O)cc1. The smallest absolute Gasteiger partial charge is 0.321 e. The molecule has 0 bridgehead atoms.